The van der Waals surface area contributed by atoms with Crippen molar-refractivity contribution in [2.24, 2.45) is 5.10 Å². The number of para-hydroxylation sites is 1. The summed E-state index contributed by atoms with van der Waals surface area (Å²) in [6.07, 6.45) is 2.61. The Balaban J connectivity index is 1.60. The highest BCUT2D eigenvalue weighted by atomic mass is 32.1. The quantitative estimate of drug-likeness (QED) is 0.219. The molecular formula is C27H21N3O6S. The summed E-state index contributed by atoms with van der Waals surface area (Å²) >= 11 is 1.26. The van der Waals surface area contributed by atoms with Gasteiger partial charge in [-0.2, -0.15) is 10.1 Å². The van der Waals surface area contributed by atoms with Crippen LogP contribution < -0.4 is 24.6 Å². The highest BCUT2D eigenvalue weighted by Gasteiger charge is 2.23. The van der Waals surface area contributed by atoms with Crippen molar-refractivity contribution in [2.75, 3.05) is 26.3 Å². The Labute approximate surface area is 215 Å². The number of benzene rings is 3. The van der Waals surface area contributed by atoms with Gasteiger partial charge in [0.2, 0.25) is 10.6 Å². The summed E-state index contributed by atoms with van der Waals surface area (Å²) in [5, 5.41) is 6.26. The van der Waals surface area contributed by atoms with Crippen molar-refractivity contribution >= 4 is 49.8 Å². The minimum atomic E-state index is -0.478. The summed E-state index contributed by atoms with van der Waals surface area (Å²) < 4.78 is 22.3. The summed E-state index contributed by atoms with van der Waals surface area (Å²) in [7, 11) is 4.58. The zero-order valence-electron chi connectivity index (χ0n) is 20.1. The van der Waals surface area contributed by atoms with E-state index in [1.807, 2.05) is 6.07 Å². The van der Waals surface area contributed by atoms with Gasteiger partial charge in [-0.3, -0.25) is 9.59 Å². The monoisotopic (exact) mass is 515 g/mol. The molecular weight excluding hydrogens is 494 g/mol. The molecule has 0 aliphatic carbocycles. The van der Waals surface area contributed by atoms with Crippen LogP contribution in [0.5, 0.6) is 17.2 Å². The smallest absolute Gasteiger partial charge is 0.280 e. The number of hydrazone groups is 1. The van der Waals surface area contributed by atoms with Crippen LogP contribution >= 0.6 is 11.3 Å². The molecule has 0 aliphatic heterocycles. The predicted molar refractivity (Wildman–Crippen MR) is 143 cm³/mol. The van der Waals surface area contributed by atoms with E-state index in [0.717, 1.165) is 9.71 Å². The topological polar surface area (TPSA) is 103 Å². The van der Waals surface area contributed by atoms with Gasteiger partial charge < -0.3 is 18.6 Å². The molecule has 5 rings (SSSR count). The van der Waals surface area contributed by atoms with Crippen LogP contribution in [0.1, 0.15) is 15.9 Å². The van der Waals surface area contributed by atoms with Gasteiger partial charge in [-0.1, -0.05) is 23.5 Å². The minimum absolute atomic E-state index is 0.187. The second-order valence-electron chi connectivity index (χ2n) is 7.78. The number of ether oxygens (including phenoxy) is 3. The normalized spacial score (nSPS) is 11.2. The molecule has 0 aliphatic rings. The van der Waals surface area contributed by atoms with E-state index in [4.69, 9.17) is 18.6 Å². The molecule has 2 aromatic heterocycles. The van der Waals surface area contributed by atoms with Crippen molar-refractivity contribution in [3.63, 3.8) is 0 Å². The molecule has 0 fully saturated rings. The second kappa shape index (κ2) is 10.1. The number of hydrogen-bond acceptors (Lipinski definition) is 9. The van der Waals surface area contributed by atoms with Gasteiger partial charge in [-0.25, -0.2) is 4.98 Å². The fourth-order valence-corrected chi connectivity index (χ4v) is 4.64. The van der Waals surface area contributed by atoms with Crippen LogP contribution in [0.3, 0.4) is 0 Å². The highest BCUT2D eigenvalue weighted by molar-refractivity contribution is 7.22. The van der Waals surface area contributed by atoms with Gasteiger partial charge in [0.05, 0.1) is 48.7 Å². The van der Waals surface area contributed by atoms with E-state index in [1.165, 1.54) is 38.0 Å². The van der Waals surface area contributed by atoms with Crippen LogP contribution in [-0.2, 0) is 0 Å². The van der Waals surface area contributed by atoms with Gasteiger partial charge in [-0.05, 0) is 48.5 Å². The minimum Gasteiger partial charge on any atom is -0.497 e. The number of fused-ring (bicyclic) bond motifs is 2. The highest BCUT2D eigenvalue weighted by Crippen LogP contribution is 2.34. The number of aromatic nitrogens is 1. The molecule has 37 heavy (non-hydrogen) atoms. The number of carbonyl (C=O) groups excluding carboxylic acids is 1. The lowest BCUT2D eigenvalue weighted by atomic mass is 10.2. The van der Waals surface area contributed by atoms with E-state index < -0.39 is 5.91 Å². The SMILES string of the molecule is COc1ccc2nc(N(/N=C/c3coc4ccccc4c3=O)C(=O)c3ccc(OC)c(OC)c3)sc2c1. The number of carbonyl (C=O) groups is 1. The van der Waals surface area contributed by atoms with E-state index in [-0.39, 0.29) is 16.6 Å². The number of nitrogens with zero attached hydrogens (tertiary/aromatic N) is 3. The standard InChI is InChI=1S/C27H21N3O6S/c1-33-18-9-10-20-24(13-18)37-27(29-20)30(26(32)16-8-11-22(34-2)23(12-16)35-3)28-14-17-15-36-21-7-5-4-6-19(21)25(17)31/h4-15H,1-3H3/b28-14+. The molecule has 0 saturated carbocycles. The Bertz CT molecular complexity index is 1710. The Morgan fingerprint density at radius 3 is 2.59 bits per heavy atom. The van der Waals surface area contributed by atoms with Crippen molar-refractivity contribution in [1.29, 1.82) is 0 Å². The van der Waals surface area contributed by atoms with E-state index in [9.17, 15) is 9.59 Å². The number of methoxy groups -OCH3 is 3. The largest absolute Gasteiger partial charge is 0.497 e. The molecule has 186 valence electrons. The Hall–Kier alpha value is -4.70. The average Bonchev–Trinajstić information content (AvgIpc) is 3.36. The van der Waals surface area contributed by atoms with Gasteiger partial charge in [0.15, 0.2) is 11.5 Å². The van der Waals surface area contributed by atoms with Gasteiger partial charge in [-0.15, -0.1) is 0 Å². The summed E-state index contributed by atoms with van der Waals surface area (Å²) in [5.74, 6) is 1.06. The summed E-state index contributed by atoms with van der Waals surface area (Å²) in [6.45, 7) is 0. The van der Waals surface area contributed by atoms with Crippen molar-refractivity contribution in [1.82, 2.24) is 4.98 Å². The molecule has 0 atom stereocenters. The van der Waals surface area contributed by atoms with Gasteiger partial charge in [0.25, 0.3) is 5.91 Å². The molecule has 0 unspecified atom stereocenters. The number of anilines is 1. The van der Waals surface area contributed by atoms with Gasteiger partial charge in [0.1, 0.15) is 17.6 Å². The van der Waals surface area contributed by atoms with Crippen LogP contribution in [0.2, 0.25) is 0 Å². The fraction of sp³-hybridized carbons (Fsp3) is 0.111. The molecule has 2 heterocycles. The first-order valence-electron chi connectivity index (χ1n) is 11.1. The van der Waals surface area contributed by atoms with Crippen molar-refractivity contribution in [3.8, 4) is 17.2 Å². The number of thiazole rings is 1. The Kier molecular flexibility index (Phi) is 6.57. The lowest BCUT2D eigenvalue weighted by molar-refractivity contribution is 0.0987. The third-order valence-corrected chi connectivity index (χ3v) is 6.60. The molecule has 0 radical (unpaired) electrons. The Morgan fingerprint density at radius 2 is 1.81 bits per heavy atom. The third-order valence-electron chi connectivity index (χ3n) is 5.61. The molecule has 0 bridgehead atoms. The zero-order chi connectivity index (χ0) is 25.9. The van der Waals surface area contributed by atoms with Crippen LogP contribution in [0.25, 0.3) is 21.2 Å². The number of amides is 1. The molecule has 5 aromatic rings. The summed E-state index contributed by atoms with van der Waals surface area (Å²) in [4.78, 5) is 31.3. The average molecular weight is 516 g/mol. The van der Waals surface area contributed by atoms with Gasteiger partial charge in [0, 0.05) is 5.56 Å². The van der Waals surface area contributed by atoms with Crippen LogP contribution in [0, 0.1) is 0 Å². The van der Waals surface area contributed by atoms with Crippen molar-refractivity contribution < 1.29 is 23.4 Å². The predicted octanol–water partition coefficient (Wildman–Crippen LogP) is 5.11. The van der Waals surface area contributed by atoms with Crippen molar-refractivity contribution in [3.05, 3.63) is 88.3 Å². The maximum Gasteiger partial charge on any atom is 0.280 e. The first-order valence-corrected chi connectivity index (χ1v) is 11.9. The lowest BCUT2D eigenvalue weighted by Gasteiger charge is -2.15. The summed E-state index contributed by atoms with van der Waals surface area (Å²) in [6, 6.07) is 17.1. The molecule has 0 N–H and O–H groups in total. The number of rotatable bonds is 7. The second-order valence-corrected chi connectivity index (χ2v) is 8.79. The van der Waals surface area contributed by atoms with Crippen LogP contribution in [0.15, 0.2) is 81.2 Å². The Morgan fingerprint density at radius 1 is 1.00 bits per heavy atom. The summed E-state index contributed by atoms with van der Waals surface area (Å²) in [5.41, 5.74) is 1.34. The molecule has 3 aromatic carbocycles. The van der Waals surface area contributed by atoms with Crippen LogP contribution in [0.4, 0.5) is 5.13 Å². The fourth-order valence-electron chi connectivity index (χ4n) is 3.69. The van der Waals surface area contributed by atoms with Gasteiger partial charge >= 0.3 is 0 Å². The van der Waals surface area contributed by atoms with Crippen LogP contribution in [-0.4, -0.2) is 38.4 Å². The first kappa shape index (κ1) is 24.0. The zero-order valence-corrected chi connectivity index (χ0v) is 20.9. The maximum absolute atomic E-state index is 13.7. The molecule has 9 nitrogen and oxygen atoms in total. The van der Waals surface area contributed by atoms with E-state index in [2.05, 4.69) is 10.1 Å². The molecule has 10 heteroatoms. The maximum atomic E-state index is 13.7. The lowest BCUT2D eigenvalue weighted by Crippen LogP contribution is -2.26. The molecule has 1 amide bonds. The number of hydrogen-bond donors (Lipinski definition) is 0. The van der Waals surface area contributed by atoms with Crippen molar-refractivity contribution in [2.45, 2.75) is 0 Å². The van der Waals surface area contributed by atoms with E-state index in [0.29, 0.717) is 38.9 Å². The molecule has 0 saturated heterocycles. The first-order chi connectivity index (χ1) is 18.0. The third kappa shape index (κ3) is 4.62. The van der Waals surface area contributed by atoms with E-state index >= 15 is 0 Å². The van der Waals surface area contributed by atoms with E-state index in [1.54, 1.807) is 61.7 Å². The molecule has 0 spiro atoms.